The Hall–Kier alpha value is -2.48. The normalized spacial score (nSPS) is 15.4. The van der Waals surface area contributed by atoms with Crippen molar-refractivity contribution in [3.63, 3.8) is 0 Å². The van der Waals surface area contributed by atoms with Gasteiger partial charge in [-0.1, -0.05) is 0 Å². The topological polar surface area (TPSA) is 61.2 Å². The van der Waals surface area contributed by atoms with Crippen molar-refractivity contribution >= 4 is 11.7 Å². The van der Waals surface area contributed by atoms with E-state index >= 15 is 0 Å². The van der Waals surface area contributed by atoms with Crippen LogP contribution in [-0.4, -0.2) is 29.7 Å². The van der Waals surface area contributed by atoms with Crippen LogP contribution in [-0.2, 0) is 4.79 Å². The molecule has 1 aromatic carbocycles. The minimum atomic E-state index is -0.475. The molecule has 0 aliphatic carbocycles. The second kappa shape index (κ2) is 6.80. The first-order chi connectivity index (χ1) is 10.1. The number of ketones is 1. The van der Waals surface area contributed by atoms with Gasteiger partial charge < -0.3 is 4.90 Å². The molecule has 21 heavy (non-hydrogen) atoms. The molecule has 2 rings (SSSR count). The highest BCUT2D eigenvalue weighted by atomic mass is 19.1. The summed E-state index contributed by atoms with van der Waals surface area (Å²) in [6.45, 7) is 1.23. The van der Waals surface area contributed by atoms with Crippen molar-refractivity contribution in [3.05, 3.63) is 47.3 Å². The zero-order chi connectivity index (χ0) is 15.2. The number of nitrogens with zero attached hydrogens (tertiary/aromatic N) is 2. The first-order valence-electron chi connectivity index (χ1n) is 6.83. The number of hydrogen-bond donors (Lipinski definition) is 0. The Bertz CT molecular complexity index is 608. The van der Waals surface area contributed by atoms with Gasteiger partial charge in [-0.2, -0.15) is 5.26 Å². The Balaban J connectivity index is 2.16. The van der Waals surface area contributed by atoms with Crippen LogP contribution in [0.5, 0.6) is 0 Å². The van der Waals surface area contributed by atoms with Gasteiger partial charge in [-0.3, -0.25) is 9.59 Å². The third-order valence-corrected chi connectivity index (χ3v) is 3.40. The van der Waals surface area contributed by atoms with E-state index in [0.717, 1.165) is 25.3 Å². The largest absolute Gasteiger partial charge is 0.338 e. The monoisotopic (exact) mass is 286 g/mol. The summed E-state index contributed by atoms with van der Waals surface area (Å²) >= 11 is 0. The summed E-state index contributed by atoms with van der Waals surface area (Å²) in [5, 5.41) is 9.09. The Morgan fingerprint density at radius 1 is 1.14 bits per heavy atom. The molecule has 0 bridgehead atoms. The molecular weight excluding hydrogens is 271 g/mol. The number of halogens is 1. The highest BCUT2D eigenvalue weighted by Crippen LogP contribution is 2.13. The third-order valence-electron chi connectivity index (χ3n) is 3.40. The number of benzene rings is 1. The van der Waals surface area contributed by atoms with Crippen molar-refractivity contribution in [2.24, 2.45) is 0 Å². The minimum Gasteiger partial charge on any atom is -0.338 e. The van der Waals surface area contributed by atoms with Gasteiger partial charge in [0, 0.05) is 24.7 Å². The summed E-state index contributed by atoms with van der Waals surface area (Å²) < 4.78 is 12.8. The van der Waals surface area contributed by atoms with Crippen LogP contribution in [0.15, 0.2) is 35.9 Å². The number of allylic oxidation sites excluding steroid dienone is 1. The summed E-state index contributed by atoms with van der Waals surface area (Å²) in [5.41, 5.74) is 0.0711. The van der Waals surface area contributed by atoms with Crippen LogP contribution in [0.1, 0.15) is 29.6 Å². The van der Waals surface area contributed by atoms with E-state index in [2.05, 4.69) is 0 Å². The summed E-state index contributed by atoms with van der Waals surface area (Å²) in [4.78, 5) is 25.8. The molecule has 0 spiro atoms. The predicted octanol–water partition coefficient (Wildman–Crippen LogP) is 2.47. The number of hydrogen-bond acceptors (Lipinski definition) is 3. The lowest BCUT2D eigenvalue weighted by atomic mass is 10.1. The molecule has 1 heterocycles. The molecule has 0 aromatic heterocycles. The van der Waals surface area contributed by atoms with Gasteiger partial charge in [0.1, 0.15) is 17.5 Å². The van der Waals surface area contributed by atoms with Crippen molar-refractivity contribution in [1.29, 1.82) is 5.26 Å². The molecule has 0 N–H and O–H groups in total. The van der Waals surface area contributed by atoms with E-state index in [9.17, 15) is 14.0 Å². The Kier molecular flexibility index (Phi) is 4.83. The van der Waals surface area contributed by atoms with E-state index in [1.165, 1.54) is 24.3 Å². The standard InChI is InChI=1S/C16H15FN2O2/c17-14-6-4-12(5-7-14)15(20)10-13(11-18)16(21)19-8-2-1-3-9-19/h4-7,10H,1-3,8-9H2/b13-10+. The fourth-order valence-corrected chi connectivity index (χ4v) is 2.24. The summed E-state index contributed by atoms with van der Waals surface area (Å²) in [6, 6.07) is 6.77. The Morgan fingerprint density at radius 3 is 2.33 bits per heavy atom. The van der Waals surface area contributed by atoms with Gasteiger partial charge in [-0.15, -0.1) is 0 Å². The van der Waals surface area contributed by atoms with Crippen LogP contribution < -0.4 is 0 Å². The van der Waals surface area contributed by atoms with E-state index in [1.54, 1.807) is 11.0 Å². The number of likely N-dealkylation sites (tertiary alicyclic amines) is 1. The number of rotatable bonds is 3. The van der Waals surface area contributed by atoms with E-state index in [0.29, 0.717) is 13.1 Å². The van der Waals surface area contributed by atoms with Gasteiger partial charge in [0.25, 0.3) is 5.91 Å². The quantitative estimate of drug-likeness (QED) is 0.487. The van der Waals surface area contributed by atoms with Gasteiger partial charge >= 0.3 is 0 Å². The smallest absolute Gasteiger partial charge is 0.264 e. The van der Waals surface area contributed by atoms with Crippen molar-refractivity contribution in [1.82, 2.24) is 4.90 Å². The van der Waals surface area contributed by atoms with Crippen LogP contribution in [0.4, 0.5) is 4.39 Å². The lowest BCUT2D eigenvalue weighted by Gasteiger charge is -2.26. The third kappa shape index (κ3) is 3.76. The first kappa shape index (κ1) is 14.9. The number of carbonyl (C=O) groups is 2. The lowest BCUT2D eigenvalue weighted by Crippen LogP contribution is -2.36. The van der Waals surface area contributed by atoms with Gasteiger partial charge in [-0.05, 0) is 43.5 Å². The molecule has 0 radical (unpaired) electrons. The number of carbonyl (C=O) groups excluding carboxylic acids is 2. The van der Waals surface area contributed by atoms with Gasteiger partial charge in [-0.25, -0.2) is 4.39 Å². The van der Waals surface area contributed by atoms with Gasteiger partial charge in [0.2, 0.25) is 0 Å². The maximum atomic E-state index is 12.8. The molecule has 1 aliphatic heterocycles. The lowest BCUT2D eigenvalue weighted by molar-refractivity contribution is -0.127. The van der Waals surface area contributed by atoms with Crippen molar-refractivity contribution in [2.75, 3.05) is 13.1 Å². The fourth-order valence-electron chi connectivity index (χ4n) is 2.24. The highest BCUT2D eigenvalue weighted by molar-refractivity contribution is 6.11. The minimum absolute atomic E-state index is 0.175. The van der Waals surface area contributed by atoms with E-state index < -0.39 is 17.5 Å². The molecule has 0 atom stereocenters. The van der Waals surface area contributed by atoms with Gasteiger partial charge in [0.15, 0.2) is 5.78 Å². The van der Waals surface area contributed by atoms with Crippen LogP contribution in [0.25, 0.3) is 0 Å². The van der Waals surface area contributed by atoms with Crippen molar-refractivity contribution in [2.45, 2.75) is 19.3 Å². The molecule has 0 saturated carbocycles. The summed E-state index contributed by atoms with van der Waals surface area (Å²) in [6.07, 6.45) is 3.93. The van der Waals surface area contributed by atoms with Crippen LogP contribution >= 0.6 is 0 Å². The molecule has 5 heteroatoms. The van der Waals surface area contributed by atoms with Crippen LogP contribution in [0.3, 0.4) is 0 Å². The molecule has 1 aromatic rings. The number of amides is 1. The Morgan fingerprint density at radius 2 is 1.76 bits per heavy atom. The zero-order valence-corrected chi connectivity index (χ0v) is 11.5. The van der Waals surface area contributed by atoms with Crippen LogP contribution in [0.2, 0.25) is 0 Å². The number of piperidine rings is 1. The molecule has 4 nitrogen and oxygen atoms in total. The van der Waals surface area contributed by atoms with E-state index in [1.807, 2.05) is 0 Å². The average molecular weight is 286 g/mol. The summed E-state index contributed by atoms with van der Waals surface area (Å²) in [7, 11) is 0. The predicted molar refractivity (Wildman–Crippen MR) is 74.9 cm³/mol. The molecule has 108 valence electrons. The van der Waals surface area contributed by atoms with Gasteiger partial charge in [0.05, 0.1) is 0 Å². The molecule has 1 fully saturated rings. The molecule has 1 saturated heterocycles. The van der Waals surface area contributed by atoms with E-state index in [-0.39, 0.29) is 11.1 Å². The Labute approximate surface area is 122 Å². The maximum absolute atomic E-state index is 12.8. The zero-order valence-electron chi connectivity index (χ0n) is 11.5. The first-order valence-corrected chi connectivity index (χ1v) is 6.83. The fraction of sp³-hybridized carbons (Fsp3) is 0.312. The SMILES string of the molecule is N#C/C(=C\C(=O)c1ccc(F)cc1)C(=O)N1CCCCC1. The maximum Gasteiger partial charge on any atom is 0.264 e. The van der Waals surface area contributed by atoms with Crippen molar-refractivity contribution in [3.8, 4) is 6.07 Å². The molecule has 0 unspecified atom stereocenters. The second-order valence-electron chi connectivity index (χ2n) is 4.89. The van der Waals surface area contributed by atoms with Crippen molar-refractivity contribution < 1.29 is 14.0 Å². The summed E-state index contributed by atoms with van der Waals surface area (Å²) in [5.74, 6) is -1.33. The van der Waals surface area contributed by atoms with E-state index in [4.69, 9.17) is 5.26 Å². The van der Waals surface area contributed by atoms with Crippen LogP contribution in [0, 0.1) is 17.1 Å². The highest BCUT2D eigenvalue weighted by Gasteiger charge is 2.21. The molecule has 1 amide bonds. The average Bonchev–Trinajstić information content (AvgIpc) is 2.53. The molecular formula is C16H15FN2O2. The second-order valence-corrected chi connectivity index (χ2v) is 4.89. The number of nitriles is 1. The molecule has 1 aliphatic rings.